The number of aromatic nitrogens is 2. The molecule has 0 atom stereocenters. The lowest BCUT2D eigenvalue weighted by atomic mass is 10.2. The molecule has 1 heterocycles. The lowest BCUT2D eigenvalue weighted by Gasteiger charge is -2.12. The first-order valence-electron chi connectivity index (χ1n) is 7.87. The van der Waals surface area contributed by atoms with Gasteiger partial charge in [-0.2, -0.15) is 4.98 Å². The molecule has 0 spiro atoms. The van der Waals surface area contributed by atoms with Gasteiger partial charge in [-0.3, -0.25) is 0 Å². The molecule has 2 aromatic carbocycles. The van der Waals surface area contributed by atoms with E-state index in [2.05, 4.69) is 20.6 Å². The smallest absolute Gasteiger partial charge is 0.229 e. The first-order valence-corrected chi connectivity index (χ1v) is 8.25. The van der Waals surface area contributed by atoms with Gasteiger partial charge in [0.2, 0.25) is 5.95 Å². The fourth-order valence-corrected chi connectivity index (χ4v) is 2.55. The molecule has 1 aromatic heterocycles. The summed E-state index contributed by atoms with van der Waals surface area (Å²) in [6, 6.07) is 13.9. The van der Waals surface area contributed by atoms with Crippen LogP contribution >= 0.6 is 11.6 Å². The Kier molecular flexibility index (Phi) is 5.14. The van der Waals surface area contributed by atoms with Gasteiger partial charge in [0.1, 0.15) is 11.6 Å². The van der Waals surface area contributed by atoms with E-state index in [4.69, 9.17) is 11.6 Å². The van der Waals surface area contributed by atoms with E-state index in [1.807, 2.05) is 38.1 Å². The van der Waals surface area contributed by atoms with E-state index in [9.17, 15) is 4.39 Å². The maximum atomic E-state index is 13.0. The predicted molar refractivity (Wildman–Crippen MR) is 100.0 cm³/mol. The summed E-state index contributed by atoms with van der Waals surface area (Å²) in [5.41, 5.74) is 3.61. The molecule has 0 bridgehead atoms. The lowest BCUT2D eigenvalue weighted by Crippen LogP contribution is -2.06. The molecule has 25 heavy (non-hydrogen) atoms. The van der Waals surface area contributed by atoms with E-state index in [0.717, 1.165) is 22.5 Å². The van der Waals surface area contributed by atoms with Gasteiger partial charge in [-0.1, -0.05) is 29.8 Å². The highest BCUT2D eigenvalue weighted by Gasteiger charge is 2.06. The molecule has 0 amide bonds. The number of aryl methyl sites for hydroxylation is 1. The monoisotopic (exact) mass is 356 g/mol. The number of rotatable bonds is 5. The molecular formula is C19H18ClFN4. The van der Waals surface area contributed by atoms with Crippen LogP contribution in [-0.4, -0.2) is 9.97 Å². The van der Waals surface area contributed by atoms with E-state index >= 15 is 0 Å². The van der Waals surface area contributed by atoms with E-state index in [-0.39, 0.29) is 5.82 Å². The summed E-state index contributed by atoms with van der Waals surface area (Å²) < 4.78 is 13.0. The van der Waals surface area contributed by atoms with Gasteiger partial charge < -0.3 is 10.6 Å². The minimum atomic E-state index is -0.245. The Bertz CT molecular complexity index is 881. The molecular weight excluding hydrogens is 339 g/mol. The van der Waals surface area contributed by atoms with Gasteiger partial charge in [0.15, 0.2) is 0 Å². The topological polar surface area (TPSA) is 49.8 Å². The molecule has 6 heteroatoms. The number of benzene rings is 2. The first kappa shape index (κ1) is 17.2. The van der Waals surface area contributed by atoms with Crippen molar-refractivity contribution in [1.82, 2.24) is 9.97 Å². The third-order valence-electron chi connectivity index (χ3n) is 3.76. The largest absolute Gasteiger partial charge is 0.366 e. The highest BCUT2D eigenvalue weighted by atomic mass is 35.5. The van der Waals surface area contributed by atoms with Gasteiger partial charge in [-0.25, -0.2) is 9.37 Å². The number of nitrogens with one attached hydrogen (secondary N) is 2. The van der Waals surface area contributed by atoms with Crippen LogP contribution < -0.4 is 10.6 Å². The van der Waals surface area contributed by atoms with Gasteiger partial charge in [0, 0.05) is 29.0 Å². The van der Waals surface area contributed by atoms with Gasteiger partial charge in [-0.15, -0.1) is 0 Å². The fraction of sp³-hybridized carbons (Fsp3) is 0.158. The van der Waals surface area contributed by atoms with Crippen LogP contribution in [-0.2, 0) is 6.54 Å². The molecule has 0 saturated carbocycles. The Morgan fingerprint density at radius 2 is 1.80 bits per heavy atom. The minimum absolute atomic E-state index is 0.245. The Balaban J connectivity index is 1.76. The highest BCUT2D eigenvalue weighted by molar-refractivity contribution is 6.31. The maximum absolute atomic E-state index is 13.0. The second-order valence-corrected chi connectivity index (χ2v) is 6.14. The average molecular weight is 357 g/mol. The van der Waals surface area contributed by atoms with E-state index in [0.29, 0.717) is 23.3 Å². The number of nitrogens with zero attached hydrogens (tertiary/aromatic N) is 2. The van der Waals surface area contributed by atoms with Crippen LogP contribution in [0.2, 0.25) is 5.02 Å². The van der Waals surface area contributed by atoms with Crippen LogP contribution in [0.1, 0.15) is 16.8 Å². The first-order chi connectivity index (χ1) is 12.0. The standard InChI is InChI=1S/C19H18ClFN4/c1-12-10-18(22-11-14-6-8-15(21)9-7-14)25-19(23-12)24-17-5-3-4-16(20)13(17)2/h3-10H,11H2,1-2H3,(H2,22,23,24,25). The van der Waals surface area contributed by atoms with Crippen molar-refractivity contribution in [3.63, 3.8) is 0 Å². The Morgan fingerprint density at radius 3 is 2.56 bits per heavy atom. The number of hydrogen-bond donors (Lipinski definition) is 2. The predicted octanol–water partition coefficient (Wildman–Crippen LogP) is 5.24. The van der Waals surface area contributed by atoms with Gasteiger partial charge in [-0.05, 0) is 49.2 Å². The van der Waals surface area contributed by atoms with Crippen LogP contribution in [0.3, 0.4) is 0 Å². The van der Waals surface area contributed by atoms with Crippen LogP contribution in [0.5, 0.6) is 0 Å². The number of hydrogen-bond acceptors (Lipinski definition) is 4. The zero-order valence-corrected chi connectivity index (χ0v) is 14.7. The van der Waals surface area contributed by atoms with Crippen LogP contribution in [0.4, 0.5) is 21.8 Å². The second kappa shape index (κ2) is 7.49. The van der Waals surface area contributed by atoms with E-state index in [1.165, 1.54) is 12.1 Å². The quantitative estimate of drug-likeness (QED) is 0.656. The third kappa shape index (κ3) is 4.45. The van der Waals surface area contributed by atoms with Crippen molar-refractivity contribution in [2.24, 2.45) is 0 Å². The molecule has 0 fully saturated rings. The minimum Gasteiger partial charge on any atom is -0.366 e. The lowest BCUT2D eigenvalue weighted by molar-refractivity contribution is 0.627. The second-order valence-electron chi connectivity index (χ2n) is 5.74. The summed E-state index contributed by atoms with van der Waals surface area (Å²) in [5.74, 6) is 0.941. The zero-order chi connectivity index (χ0) is 17.8. The van der Waals surface area contributed by atoms with Crippen molar-refractivity contribution in [2.45, 2.75) is 20.4 Å². The summed E-state index contributed by atoms with van der Waals surface area (Å²) in [6.07, 6.45) is 0. The van der Waals surface area contributed by atoms with E-state index < -0.39 is 0 Å². The molecule has 3 aromatic rings. The van der Waals surface area contributed by atoms with Crippen LogP contribution in [0.15, 0.2) is 48.5 Å². The Morgan fingerprint density at radius 1 is 1.04 bits per heavy atom. The molecule has 0 aliphatic rings. The molecule has 4 nitrogen and oxygen atoms in total. The maximum Gasteiger partial charge on any atom is 0.229 e. The highest BCUT2D eigenvalue weighted by Crippen LogP contribution is 2.25. The molecule has 0 radical (unpaired) electrons. The average Bonchev–Trinajstić information content (AvgIpc) is 2.58. The van der Waals surface area contributed by atoms with Crippen molar-refractivity contribution >= 4 is 29.1 Å². The summed E-state index contributed by atoms with van der Waals surface area (Å²) in [5, 5.41) is 7.12. The van der Waals surface area contributed by atoms with Crippen molar-refractivity contribution in [1.29, 1.82) is 0 Å². The Hall–Kier alpha value is -2.66. The van der Waals surface area contributed by atoms with Gasteiger partial charge in [0.25, 0.3) is 0 Å². The summed E-state index contributed by atoms with van der Waals surface area (Å²) in [7, 11) is 0. The van der Waals surface area contributed by atoms with Crippen LogP contribution in [0.25, 0.3) is 0 Å². The molecule has 0 aliphatic carbocycles. The summed E-state index contributed by atoms with van der Waals surface area (Å²) >= 11 is 6.15. The zero-order valence-electron chi connectivity index (χ0n) is 14.0. The molecule has 2 N–H and O–H groups in total. The van der Waals surface area contributed by atoms with Crippen molar-refractivity contribution in [3.8, 4) is 0 Å². The fourth-order valence-electron chi connectivity index (χ4n) is 2.37. The number of halogens is 2. The summed E-state index contributed by atoms with van der Waals surface area (Å²) in [4.78, 5) is 8.89. The van der Waals surface area contributed by atoms with Crippen molar-refractivity contribution in [2.75, 3.05) is 10.6 Å². The molecule has 3 rings (SSSR count). The molecule has 0 saturated heterocycles. The van der Waals surface area contributed by atoms with Gasteiger partial charge in [0.05, 0.1) is 0 Å². The van der Waals surface area contributed by atoms with Crippen molar-refractivity contribution in [3.05, 3.63) is 76.2 Å². The van der Waals surface area contributed by atoms with Crippen molar-refractivity contribution < 1.29 is 4.39 Å². The Labute approximate surface area is 151 Å². The molecule has 0 aliphatic heterocycles. The molecule has 128 valence electrons. The number of anilines is 3. The normalized spacial score (nSPS) is 10.6. The van der Waals surface area contributed by atoms with E-state index in [1.54, 1.807) is 12.1 Å². The summed E-state index contributed by atoms with van der Waals surface area (Å²) in [6.45, 7) is 4.39. The molecule has 0 unspecified atom stereocenters. The SMILES string of the molecule is Cc1cc(NCc2ccc(F)cc2)nc(Nc2cccc(Cl)c2C)n1. The third-order valence-corrected chi connectivity index (χ3v) is 4.16. The van der Waals surface area contributed by atoms with Crippen LogP contribution in [0, 0.1) is 19.7 Å². The van der Waals surface area contributed by atoms with Gasteiger partial charge >= 0.3 is 0 Å².